The molecule has 0 aliphatic rings. The second kappa shape index (κ2) is 6.01. The number of phenolic OH excluding ortho intramolecular Hbond substituents is 2. The summed E-state index contributed by atoms with van der Waals surface area (Å²) in [6.07, 6.45) is 1.59. The number of aromatic hydroxyl groups is 2. The Hall–Kier alpha value is -2.34. The zero-order chi connectivity index (χ0) is 13.7. The maximum absolute atomic E-state index is 11.5. The molecular weight excluding hydrogens is 264 g/mol. The van der Waals surface area contributed by atoms with Gasteiger partial charge in [-0.3, -0.25) is 4.79 Å². The Kier molecular flexibility index (Phi) is 4.15. The number of hydrogen-bond donors (Lipinski definition) is 3. The van der Waals surface area contributed by atoms with Crippen molar-refractivity contribution in [3.8, 4) is 11.5 Å². The summed E-state index contributed by atoms with van der Waals surface area (Å²) in [6.45, 7) is 0. The molecule has 0 unspecified atom stereocenters. The molecule has 2 rings (SSSR count). The average molecular weight is 276 g/mol. The molecule has 2 aromatic rings. The second-order valence-corrected chi connectivity index (χ2v) is 4.82. The Morgan fingerprint density at radius 1 is 1.37 bits per heavy atom. The van der Waals surface area contributed by atoms with Gasteiger partial charge in [0.2, 0.25) is 5.91 Å². The van der Waals surface area contributed by atoms with Gasteiger partial charge >= 0.3 is 0 Å². The van der Waals surface area contributed by atoms with E-state index in [0.717, 1.165) is 4.88 Å². The van der Waals surface area contributed by atoms with E-state index in [-0.39, 0.29) is 23.8 Å². The quantitative estimate of drug-likeness (QED) is 0.589. The SMILES string of the molecule is O=C(Cc1cccs1)N/N=C/c1ccc(O)cc1O. The van der Waals surface area contributed by atoms with E-state index in [1.165, 1.54) is 35.8 Å². The number of phenols is 2. The van der Waals surface area contributed by atoms with Crippen LogP contribution < -0.4 is 5.43 Å². The maximum atomic E-state index is 11.5. The number of nitrogens with one attached hydrogen (secondary N) is 1. The van der Waals surface area contributed by atoms with Crippen LogP contribution in [0.3, 0.4) is 0 Å². The van der Waals surface area contributed by atoms with Gasteiger partial charge in [-0.05, 0) is 23.6 Å². The molecule has 1 aromatic carbocycles. The largest absolute Gasteiger partial charge is 0.508 e. The van der Waals surface area contributed by atoms with Crippen LogP contribution in [0, 0.1) is 0 Å². The molecule has 0 saturated heterocycles. The summed E-state index contributed by atoms with van der Waals surface area (Å²) in [5.41, 5.74) is 2.79. The van der Waals surface area contributed by atoms with Gasteiger partial charge in [0.25, 0.3) is 0 Å². The number of carbonyl (C=O) groups is 1. The van der Waals surface area contributed by atoms with E-state index in [0.29, 0.717) is 5.56 Å². The average Bonchev–Trinajstić information content (AvgIpc) is 2.84. The number of amides is 1. The van der Waals surface area contributed by atoms with E-state index >= 15 is 0 Å². The van der Waals surface area contributed by atoms with Crippen LogP contribution in [0.1, 0.15) is 10.4 Å². The summed E-state index contributed by atoms with van der Waals surface area (Å²) in [6, 6.07) is 7.88. The topological polar surface area (TPSA) is 81.9 Å². The highest BCUT2D eigenvalue weighted by Crippen LogP contribution is 2.20. The van der Waals surface area contributed by atoms with Gasteiger partial charge in [-0.1, -0.05) is 6.07 Å². The van der Waals surface area contributed by atoms with Gasteiger partial charge in [-0.25, -0.2) is 5.43 Å². The zero-order valence-corrected chi connectivity index (χ0v) is 10.7. The monoisotopic (exact) mass is 276 g/mol. The van der Waals surface area contributed by atoms with Crippen molar-refractivity contribution in [1.82, 2.24) is 5.43 Å². The van der Waals surface area contributed by atoms with Gasteiger partial charge in [0.15, 0.2) is 0 Å². The molecule has 0 atom stereocenters. The number of hydrogen-bond acceptors (Lipinski definition) is 5. The predicted molar refractivity (Wildman–Crippen MR) is 73.5 cm³/mol. The van der Waals surface area contributed by atoms with Crippen molar-refractivity contribution in [2.75, 3.05) is 0 Å². The number of thiophene rings is 1. The van der Waals surface area contributed by atoms with Gasteiger partial charge < -0.3 is 10.2 Å². The van der Waals surface area contributed by atoms with Crippen molar-refractivity contribution in [2.24, 2.45) is 5.10 Å². The first-order valence-electron chi connectivity index (χ1n) is 5.51. The van der Waals surface area contributed by atoms with Gasteiger partial charge in [0.05, 0.1) is 12.6 Å². The van der Waals surface area contributed by atoms with E-state index in [1.807, 2.05) is 17.5 Å². The van der Waals surface area contributed by atoms with E-state index in [1.54, 1.807) is 0 Å². The Balaban J connectivity index is 1.91. The van der Waals surface area contributed by atoms with Crippen LogP contribution in [0.25, 0.3) is 0 Å². The van der Waals surface area contributed by atoms with E-state index < -0.39 is 0 Å². The predicted octanol–water partition coefficient (Wildman–Crippen LogP) is 1.85. The number of benzene rings is 1. The van der Waals surface area contributed by atoms with Crippen molar-refractivity contribution in [2.45, 2.75) is 6.42 Å². The number of nitrogens with zero attached hydrogens (tertiary/aromatic N) is 1. The van der Waals surface area contributed by atoms with E-state index in [9.17, 15) is 9.90 Å². The fourth-order valence-electron chi connectivity index (χ4n) is 1.43. The Morgan fingerprint density at radius 3 is 2.89 bits per heavy atom. The highest BCUT2D eigenvalue weighted by Gasteiger charge is 2.03. The van der Waals surface area contributed by atoms with Crippen LogP contribution in [0.5, 0.6) is 11.5 Å². The summed E-state index contributed by atoms with van der Waals surface area (Å²) in [7, 11) is 0. The molecule has 3 N–H and O–H groups in total. The smallest absolute Gasteiger partial charge is 0.245 e. The van der Waals surface area contributed by atoms with Crippen molar-refractivity contribution >= 4 is 23.5 Å². The summed E-state index contributed by atoms with van der Waals surface area (Å²) in [5.74, 6) is -0.357. The lowest BCUT2D eigenvalue weighted by atomic mass is 10.2. The second-order valence-electron chi connectivity index (χ2n) is 3.79. The molecule has 1 amide bonds. The van der Waals surface area contributed by atoms with Crippen LogP contribution in [0.2, 0.25) is 0 Å². The molecule has 5 nitrogen and oxygen atoms in total. The summed E-state index contributed by atoms with van der Waals surface area (Å²) in [5, 5.41) is 24.3. The van der Waals surface area contributed by atoms with Crippen LogP contribution in [-0.4, -0.2) is 22.3 Å². The molecule has 0 saturated carbocycles. The third-order valence-corrected chi connectivity index (χ3v) is 3.20. The summed E-state index contributed by atoms with van der Waals surface area (Å²) < 4.78 is 0. The molecule has 98 valence electrons. The van der Waals surface area contributed by atoms with Crippen LogP contribution in [0.4, 0.5) is 0 Å². The molecule has 0 bridgehead atoms. The van der Waals surface area contributed by atoms with Gasteiger partial charge in [0, 0.05) is 16.5 Å². The van der Waals surface area contributed by atoms with Crippen LogP contribution in [-0.2, 0) is 11.2 Å². The highest BCUT2D eigenvalue weighted by molar-refractivity contribution is 7.10. The maximum Gasteiger partial charge on any atom is 0.245 e. The van der Waals surface area contributed by atoms with Crippen molar-refractivity contribution < 1.29 is 15.0 Å². The van der Waals surface area contributed by atoms with Gasteiger partial charge in [-0.15, -0.1) is 11.3 Å². The minimum Gasteiger partial charge on any atom is -0.508 e. The van der Waals surface area contributed by atoms with Gasteiger partial charge in [0.1, 0.15) is 11.5 Å². The first-order valence-corrected chi connectivity index (χ1v) is 6.39. The third kappa shape index (κ3) is 3.82. The number of carbonyl (C=O) groups excluding carboxylic acids is 1. The summed E-state index contributed by atoms with van der Waals surface area (Å²) in [4.78, 5) is 12.5. The molecule has 0 aliphatic carbocycles. The number of hydrazone groups is 1. The molecule has 19 heavy (non-hydrogen) atoms. The molecule has 6 heteroatoms. The fourth-order valence-corrected chi connectivity index (χ4v) is 2.13. The molecule has 1 aromatic heterocycles. The Morgan fingerprint density at radius 2 is 2.21 bits per heavy atom. The minimum atomic E-state index is -0.225. The summed E-state index contributed by atoms with van der Waals surface area (Å²) >= 11 is 1.50. The normalized spacial score (nSPS) is 10.7. The lowest BCUT2D eigenvalue weighted by Gasteiger charge is -2.00. The lowest BCUT2D eigenvalue weighted by Crippen LogP contribution is -2.19. The molecule has 0 radical (unpaired) electrons. The standard InChI is InChI=1S/C13H12N2O3S/c16-10-4-3-9(12(17)6-10)8-14-15-13(18)7-11-2-1-5-19-11/h1-6,8,16-17H,7H2,(H,15,18)/b14-8+. The van der Waals surface area contributed by atoms with Crippen molar-refractivity contribution in [3.63, 3.8) is 0 Å². The number of rotatable bonds is 4. The molecule has 0 fully saturated rings. The third-order valence-electron chi connectivity index (χ3n) is 2.32. The molecule has 0 spiro atoms. The highest BCUT2D eigenvalue weighted by atomic mass is 32.1. The molecular formula is C13H12N2O3S. The minimum absolute atomic E-state index is 0.0311. The van der Waals surface area contributed by atoms with E-state index in [4.69, 9.17) is 5.11 Å². The molecule has 0 aliphatic heterocycles. The first-order chi connectivity index (χ1) is 9.15. The van der Waals surface area contributed by atoms with E-state index in [2.05, 4.69) is 10.5 Å². The fraction of sp³-hybridized carbons (Fsp3) is 0.0769. The van der Waals surface area contributed by atoms with Crippen LogP contribution in [0.15, 0.2) is 40.8 Å². The van der Waals surface area contributed by atoms with Crippen molar-refractivity contribution in [1.29, 1.82) is 0 Å². The first kappa shape index (κ1) is 13.1. The van der Waals surface area contributed by atoms with Crippen LogP contribution >= 0.6 is 11.3 Å². The Labute approximate surface area is 113 Å². The van der Waals surface area contributed by atoms with Crippen molar-refractivity contribution in [3.05, 3.63) is 46.2 Å². The lowest BCUT2D eigenvalue weighted by molar-refractivity contribution is -0.120. The zero-order valence-electron chi connectivity index (χ0n) is 9.91. The Bertz CT molecular complexity index is 594. The van der Waals surface area contributed by atoms with Gasteiger partial charge in [-0.2, -0.15) is 5.10 Å². The molecule has 1 heterocycles.